The third-order valence-corrected chi connectivity index (χ3v) is 3.32. The SMILES string of the molecule is COc1ccc(C(C(C)CN)N(C)C)c(Cl)c1. The second kappa shape index (κ2) is 6.24. The second-order valence-corrected chi connectivity index (χ2v) is 4.92. The summed E-state index contributed by atoms with van der Waals surface area (Å²) in [6, 6.07) is 6.01. The van der Waals surface area contributed by atoms with E-state index in [1.165, 1.54) is 0 Å². The van der Waals surface area contributed by atoms with Crippen LogP contribution in [-0.4, -0.2) is 32.6 Å². The average molecular weight is 257 g/mol. The first-order valence-corrected chi connectivity index (χ1v) is 6.09. The summed E-state index contributed by atoms with van der Waals surface area (Å²) in [5.41, 5.74) is 6.85. The van der Waals surface area contributed by atoms with Crippen molar-refractivity contribution in [3.05, 3.63) is 28.8 Å². The van der Waals surface area contributed by atoms with Gasteiger partial charge < -0.3 is 15.4 Å². The zero-order chi connectivity index (χ0) is 13.0. The van der Waals surface area contributed by atoms with Gasteiger partial charge in [-0.25, -0.2) is 0 Å². The van der Waals surface area contributed by atoms with Crippen LogP contribution in [0.3, 0.4) is 0 Å². The lowest BCUT2D eigenvalue weighted by molar-refractivity contribution is 0.227. The molecule has 1 aromatic rings. The summed E-state index contributed by atoms with van der Waals surface area (Å²) in [6.07, 6.45) is 0. The summed E-state index contributed by atoms with van der Waals surface area (Å²) in [6.45, 7) is 2.76. The van der Waals surface area contributed by atoms with Gasteiger partial charge in [0.2, 0.25) is 0 Å². The van der Waals surface area contributed by atoms with Gasteiger partial charge in [-0.15, -0.1) is 0 Å². The van der Waals surface area contributed by atoms with Crippen molar-refractivity contribution in [2.75, 3.05) is 27.7 Å². The van der Waals surface area contributed by atoms with Crippen molar-refractivity contribution >= 4 is 11.6 Å². The largest absolute Gasteiger partial charge is 0.497 e. The third kappa shape index (κ3) is 3.35. The molecule has 0 heterocycles. The lowest BCUT2D eigenvalue weighted by Crippen LogP contribution is -2.30. The number of benzene rings is 1. The second-order valence-electron chi connectivity index (χ2n) is 4.51. The monoisotopic (exact) mass is 256 g/mol. The van der Waals surface area contributed by atoms with Gasteiger partial charge in [0.05, 0.1) is 7.11 Å². The molecule has 0 amide bonds. The number of rotatable bonds is 5. The molecular weight excluding hydrogens is 236 g/mol. The van der Waals surface area contributed by atoms with E-state index in [9.17, 15) is 0 Å². The number of hydrogen-bond acceptors (Lipinski definition) is 3. The fourth-order valence-electron chi connectivity index (χ4n) is 2.10. The number of hydrogen-bond donors (Lipinski definition) is 1. The molecule has 0 saturated heterocycles. The van der Waals surface area contributed by atoms with Crippen LogP contribution in [0.4, 0.5) is 0 Å². The Kier molecular flexibility index (Phi) is 5.25. The Hall–Kier alpha value is -0.770. The van der Waals surface area contributed by atoms with Crippen LogP contribution in [0.5, 0.6) is 5.75 Å². The number of nitrogens with zero attached hydrogens (tertiary/aromatic N) is 1. The van der Waals surface area contributed by atoms with Gasteiger partial charge in [-0.05, 0) is 44.3 Å². The molecule has 96 valence electrons. The molecule has 1 aromatic carbocycles. The minimum absolute atomic E-state index is 0.221. The molecule has 0 fully saturated rings. The van der Waals surface area contributed by atoms with Crippen LogP contribution in [0.1, 0.15) is 18.5 Å². The molecule has 4 heteroatoms. The zero-order valence-corrected chi connectivity index (χ0v) is 11.7. The summed E-state index contributed by atoms with van der Waals surface area (Å²) in [7, 11) is 5.71. The molecule has 0 radical (unpaired) electrons. The summed E-state index contributed by atoms with van der Waals surface area (Å²) in [4.78, 5) is 2.14. The van der Waals surface area contributed by atoms with E-state index >= 15 is 0 Å². The molecule has 0 saturated carbocycles. The van der Waals surface area contributed by atoms with E-state index < -0.39 is 0 Å². The molecule has 17 heavy (non-hydrogen) atoms. The van der Waals surface area contributed by atoms with Crippen molar-refractivity contribution in [3.8, 4) is 5.75 Å². The van der Waals surface area contributed by atoms with Crippen LogP contribution in [-0.2, 0) is 0 Å². The Morgan fingerprint density at radius 2 is 2.06 bits per heavy atom. The maximum absolute atomic E-state index is 6.30. The molecule has 2 atom stereocenters. The van der Waals surface area contributed by atoms with Gasteiger partial charge in [0.25, 0.3) is 0 Å². The zero-order valence-electron chi connectivity index (χ0n) is 10.9. The van der Waals surface area contributed by atoms with E-state index in [1.807, 2.05) is 32.3 Å². The summed E-state index contributed by atoms with van der Waals surface area (Å²) in [5, 5.41) is 0.725. The minimum Gasteiger partial charge on any atom is -0.497 e. The lowest BCUT2D eigenvalue weighted by Gasteiger charge is -2.30. The van der Waals surface area contributed by atoms with E-state index in [0.717, 1.165) is 16.3 Å². The molecule has 0 aliphatic carbocycles. The molecule has 0 bridgehead atoms. The standard InChI is InChI=1S/C13H21ClN2O/c1-9(8-15)13(16(2)3)11-6-5-10(17-4)7-12(11)14/h5-7,9,13H,8,15H2,1-4H3. The predicted octanol–water partition coefficient (Wildman–Crippen LogP) is 2.55. The highest BCUT2D eigenvalue weighted by molar-refractivity contribution is 6.31. The van der Waals surface area contributed by atoms with Crippen molar-refractivity contribution in [1.29, 1.82) is 0 Å². The topological polar surface area (TPSA) is 38.5 Å². The van der Waals surface area contributed by atoms with Crippen LogP contribution in [0.2, 0.25) is 5.02 Å². The van der Waals surface area contributed by atoms with Crippen molar-refractivity contribution < 1.29 is 4.74 Å². The van der Waals surface area contributed by atoms with E-state index in [-0.39, 0.29) is 6.04 Å². The van der Waals surface area contributed by atoms with Gasteiger partial charge in [0.15, 0.2) is 0 Å². The van der Waals surface area contributed by atoms with E-state index in [4.69, 9.17) is 22.1 Å². The van der Waals surface area contributed by atoms with Crippen LogP contribution >= 0.6 is 11.6 Å². The van der Waals surface area contributed by atoms with E-state index in [2.05, 4.69) is 11.8 Å². The molecule has 0 aliphatic rings. The van der Waals surface area contributed by atoms with Gasteiger partial charge in [0.1, 0.15) is 5.75 Å². The highest BCUT2D eigenvalue weighted by Gasteiger charge is 2.22. The third-order valence-electron chi connectivity index (χ3n) is 2.99. The quantitative estimate of drug-likeness (QED) is 0.880. The van der Waals surface area contributed by atoms with Crippen molar-refractivity contribution in [2.45, 2.75) is 13.0 Å². The molecule has 1 rings (SSSR count). The predicted molar refractivity (Wildman–Crippen MR) is 72.7 cm³/mol. The minimum atomic E-state index is 0.221. The van der Waals surface area contributed by atoms with Gasteiger partial charge in [0, 0.05) is 11.1 Å². The number of methoxy groups -OCH3 is 1. The molecule has 2 N–H and O–H groups in total. The first-order valence-electron chi connectivity index (χ1n) is 5.71. The molecule has 0 aliphatic heterocycles. The van der Waals surface area contributed by atoms with Crippen molar-refractivity contribution in [2.24, 2.45) is 11.7 Å². The average Bonchev–Trinajstić information content (AvgIpc) is 2.30. The first kappa shape index (κ1) is 14.3. The Morgan fingerprint density at radius 1 is 1.41 bits per heavy atom. The highest BCUT2D eigenvalue weighted by Crippen LogP contribution is 2.33. The summed E-state index contributed by atoms with van der Waals surface area (Å²) >= 11 is 6.30. The van der Waals surface area contributed by atoms with Gasteiger partial charge in [-0.2, -0.15) is 0 Å². The van der Waals surface area contributed by atoms with Crippen molar-refractivity contribution in [1.82, 2.24) is 4.90 Å². The summed E-state index contributed by atoms with van der Waals surface area (Å²) < 4.78 is 5.15. The number of ether oxygens (including phenoxy) is 1. The smallest absolute Gasteiger partial charge is 0.120 e. The Morgan fingerprint density at radius 3 is 2.47 bits per heavy atom. The molecule has 0 spiro atoms. The number of halogens is 1. The van der Waals surface area contributed by atoms with Crippen LogP contribution in [0, 0.1) is 5.92 Å². The molecule has 0 aromatic heterocycles. The van der Waals surface area contributed by atoms with Gasteiger partial charge in [-0.3, -0.25) is 0 Å². The van der Waals surface area contributed by atoms with Crippen LogP contribution < -0.4 is 10.5 Å². The summed E-state index contributed by atoms with van der Waals surface area (Å²) in [5.74, 6) is 1.12. The lowest BCUT2D eigenvalue weighted by atomic mass is 9.93. The fraction of sp³-hybridized carbons (Fsp3) is 0.538. The van der Waals surface area contributed by atoms with Gasteiger partial charge in [-0.1, -0.05) is 24.6 Å². The molecule has 3 nitrogen and oxygen atoms in total. The van der Waals surface area contributed by atoms with Crippen LogP contribution in [0.25, 0.3) is 0 Å². The maximum atomic E-state index is 6.30. The Labute approximate surface area is 109 Å². The molecule has 2 unspecified atom stereocenters. The van der Waals surface area contributed by atoms with Crippen molar-refractivity contribution in [3.63, 3.8) is 0 Å². The Balaban J connectivity index is 3.10. The number of nitrogens with two attached hydrogens (primary N) is 1. The Bertz CT molecular complexity index is 368. The molecular formula is C13H21ClN2O. The fourth-order valence-corrected chi connectivity index (χ4v) is 2.38. The van der Waals surface area contributed by atoms with E-state index in [1.54, 1.807) is 7.11 Å². The first-order chi connectivity index (χ1) is 8.01. The van der Waals surface area contributed by atoms with Crippen LogP contribution in [0.15, 0.2) is 18.2 Å². The van der Waals surface area contributed by atoms with E-state index in [0.29, 0.717) is 12.5 Å². The highest BCUT2D eigenvalue weighted by atomic mass is 35.5. The maximum Gasteiger partial charge on any atom is 0.120 e. The van der Waals surface area contributed by atoms with Gasteiger partial charge >= 0.3 is 0 Å². The normalized spacial score (nSPS) is 14.8.